The van der Waals surface area contributed by atoms with Crippen LogP contribution in [0.15, 0.2) is 4.47 Å². The fourth-order valence-corrected chi connectivity index (χ4v) is 4.66. The largest absolute Gasteiger partial charge is 0.312 e. The van der Waals surface area contributed by atoms with Gasteiger partial charge in [-0.1, -0.05) is 6.92 Å². The Morgan fingerprint density at radius 3 is 2.80 bits per heavy atom. The summed E-state index contributed by atoms with van der Waals surface area (Å²) in [5.74, 6) is 2.46. The third kappa shape index (κ3) is 3.59. The Balaban J connectivity index is 2.16. The van der Waals surface area contributed by atoms with Gasteiger partial charge in [0.25, 0.3) is 0 Å². The number of nitrogens with zero attached hydrogens (tertiary/aromatic N) is 3. The molecule has 1 aromatic heterocycles. The molecular formula is C14H25BrN4S. The van der Waals surface area contributed by atoms with Gasteiger partial charge in [0.2, 0.25) is 0 Å². The van der Waals surface area contributed by atoms with Crippen LogP contribution in [0, 0.1) is 6.92 Å². The molecule has 2 unspecified atom stereocenters. The second-order valence-electron chi connectivity index (χ2n) is 5.46. The van der Waals surface area contributed by atoms with E-state index < -0.39 is 0 Å². The van der Waals surface area contributed by atoms with E-state index >= 15 is 0 Å². The van der Waals surface area contributed by atoms with Crippen molar-refractivity contribution < 1.29 is 0 Å². The molecule has 0 amide bonds. The number of likely N-dealkylation sites (N-methyl/N-ethyl adjacent to an activating group) is 2. The maximum Gasteiger partial charge on any atom is 0.0738 e. The molecule has 1 fully saturated rings. The summed E-state index contributed by atoms with van der Waals surface area (Å²) in [6.07, 6.45) is 1.02. The summed E-state index contributed by atoms with van der Waals surface area (Å²) in [5, 5.41) is 8.19. The minimum Gasteiger partial charge on any atom is -0.312 e. The molecule has 1 aliphatic rings. The van der Waals surface area contributed by atoms with Crippen LogP contribution in [0.3, 0.4) is 0 Å². The summed E-state index contributed by atoms with van der Waals surface area (Å²) in [4.78, 5) is 2.50. The van der Waals surface area contributed by atoms with E-state index in [1.54, 1.807) is 0 Å². The first kappa shape index (κ1) is 16.3. The number of aromatic nitrogens is 2. The minimum atomic E-state index is 0.476. The molecule has 1 aliphatic heterocycles. The first-order chi connectivity index (χ1) is 9.54. The minimum absolute atomic E-state index is 0.476. The van der Waals surface area contributed by atoms with Gasteiger partial charge in [-0.05, 0) is 36.4 Å². The van der Waals surface area contributed by atoms with E-state index in [1.807, 2.05) is 11.7 Å². The van der Waals surface area contributed by atoms with Crippen LogP contribution in [0.25, 0.3) is 0 Å². The summed E-state index contributed by atoms with van der Waals surface area (Å²) in [6.45, 7) is 6.43. The van der Waals surface area contributed by atoms with Crippen LogP contribution in [0.2, 0.25) is 0 Å². The van der Waals surface area contributed by atoms with Crippen LogP contribution in [-0.4, -0.2) is 58.4 Å². The number of hydrogen-bond acceptors (Lipinski definition) is 4. The zero-order valence-corrected chi connectivity index (χ0v) is 15.2. The average Bonchev–Trinajstić information content (AvgIpc) is 2.65. The molecule has 2 rings (SSSR count). The molecule has 20 heavy (non-hydrogen) atoms. The molecule has 0 bridgehead atoms. The standard InChI is InChI=1S/C14H25BrN4S/c1-5-16-11(13-9-20-7-6-18(13)3)8-12-14(15)10(2)17-19(12)4/h11,13,16H,5-9H2,1-4H3. The highest BCUT2D eigenvalue weighted by atomic mass is 79.9. The Morgan fingerprint density at radius 2 is 2.25 bits per heavy atom. The van der Waals surface area contributed by atoms with Crippen molar-refractivity contribution >= 4 is 27.7 Å². The molecule has 1 saturated heterocycles. The van der Waals surface area contributed by atoms with Gasteiger partial charge in [-0.25, -0.2) is 0 Å². The van der Waals surface area contributed by atoms with Crippen molar-refractivity contribution in [1.82, 2.24) is 20.0 Å². The first-order valence-electron chi connectivity index (χ1n) is 7.24. The zero-order valence-electron chi connectivity index (χ0n) is 12.8. The quantitative estimate of drug-likeness (QED) is 0.871. The topological polar surface area (TPSA) is 33.1 Å². The number of rotatable bonds is 5. The molecule has 2 heterocycles. The third-order valence-electron chi connectivity index (χ3n) is 4.05. The highest BCUT2D eigenvalue weighted by molar-refractivity contribution is 9.10. The van der Waals surface area contributed by atoms with E-state index in [1.165, 1.54) is 23.7 Å². The highest BCUT2D eigenvalue weighted by Crippen LogP contribution is 2.25. The Labute approximate surface area is 134 Å². The molecular weight excluding hydrogens is 336 g/mol. The fourth-order valence-electron chi connectivity index (χ4n) is 2.85. The van der Waals surface area contributed by atoms with E-state index in [9.17, 15) is 0 Å². The van der Waals surface area contributed by atoms with Crippen LogP contribution in [0.4, 0.5) is 0 Å². The second kappa shape index (κ2) is 7.29. The molecule has 0 aromatic carbocycles. The molecule has 6 heteroatoms. The summed E-state index contributed by atoms with van der Waals surface area (Å²) >= 11 is 5.76. The number of thioether (sulfide) groups is 1. The van der Waals surface area contributed by atoms with Crippen molar-refractivity contribution in [3.8, 4) is 0 Å². The van der Waals surface area contributed by atoms with Crippen molar-refractivity contribution in [1.29, 1.82) is 0 Å². The van der Waals surface area contributed by atoms with Gasteiger partial charge in [0.05, 0.1) is 15.9 Å². The molecule has 1 aromatic rings. The van der Waals surface area contributed by atoms with Crippen molar-refractivity contribution in [2.75, 3.05) is 31.6 Å². The van der Waals surface area contributed by atoms with Gasteiger partial charge in [-0.2, -0.15) is 16.9 Å². The van der Waals surface area contributed by atoms with Gasteiger partial charge < -0.3 is 10.2 Å². The number of nitrogens with one attached hydrogen (secondary N) is 1. The van der Waals surface area contributed by atoms with Gasteiger partial charge >= 0.3 is 0 Å². The zero-order chi connectivity index (χ0) is 14.7. The molecule has 0 saturated carbocycles. The molecule has 1 N–H and O–H groups in total. The van der Waals surface area contributed by atoms with Gasteiger partial charge in [0.1, 0.15) is 0 Å². The predicted octanol–water partition coefficient (Wildman–Crippen LogP) is 2.06. The summed E-state index contributed by atoms with van der Waals surface area (Å²) in [6, 6.07) is 1.07. The van der Waals surface area contributed by atoms with Gasteiger partial charge in [-0.15, -0.1) is 0 Å². The Morgan fingerprint density at radius 1 is 1.50 bits per heavy atom. The molecule has 4 nitrogen and oxygen atoms in total. The van der Waals surface area contributed by atoms with Crippen LogP contribution < -0.4 is 5.32 Å². The molecule has 0 spiro atoms. The van der Waals surface area contributed by atoms with Crippen LogP contribution in [0.5, 0.6) is 0 Å². The molecule has 0 radical (unpaired) electrons. The van der Waals surface area contributed by atoms with Crippen molar-refractivity contribution in [3.63, 3.8) is 0 Å². The Hall–Kier alpha value is -0.0400. The molecule has 2 atom stereocenters. The first-order valence-corrected chi connectivity index (χ1v) is 9.18. The lowest BCUT2D eigenvalue weighted by Gasteiger charge is -2.38. The SMILES string of the molecule is CCNC(Cc1c(Br)c(C)nn1C)C1CSCCN1C. The molecule has 0 aliphatic carbocycles. The third-order valence-corrected chi connectivity index (χ3v) is 6.13. The summed E-state index contributed by atoms with van der Waals surface area (Å²) in [7, 11) is 4.29. The van der Waals surface area contributed by atoms with Gasteiger partial charge in [0, 0.05) is 43.6 Å². The number of halogens is 1. The lowest BCUT2D eigenvalue weighted by Crippen LogP contribution is -2.53. The van der Waals surface area contributed by atoms with Crippen LogP contribution in [-0.2, 0) is 13.5 Å². The smallest absolute Gasteiger partial charge is 0.0738 e. The van der Waals surface area contributed by atoms with Crippen LogP contribution in [0.1, 0.15) is 18.3 Å². The second-order valence-corrected chi connectivity index (χ2v) is 7.40. The Kier molecular flexibility index (Phi) is 5.95. The number of aryl methyl sites for hydroxylation is 2. The van der Waals surface area contributed by atoms with E-state index in [2.05, 4.69) is 63.9 Å². The van der Waals surface area contributed by atoms with Gasteiger partial charge in [0.15, 0.2) is 0 Å². The highest BCUT2D eigenvalue weighted by Gasteiger charge is 2.29. The molecule has 114 valence electrons. The van der Waals surface area contributed by atoms with E-state index in [-0.39, 0.29) is 0 Å². The summed E-state index contributed by atoms with van der Waals surface area (Å²) < 4.78 is 3.17. The Bertz CT molecular complexity index is 449. The van der Waals surface area contributed by atoms with E-state index in [0.717, 1.165) is 23.1 Å². The maximum absolute atomic E-state index is 4.51. The van der Waals surface area contributed by atoms with Gasteiger partial charge in [-0.3, -0.25) is 4.68 Å². The number of hydrogen-bond donors (Lipinski definition) is 1. The van der Waals surface area contributed by atoms with Crippen molar-refractivity contribution in [3.05, 3.63) is 15.9 Å². The van der Waals surface area contributed by atoms with E-state index in [4.69, 9.17) is 0 Å². The normalized spacial score (nSPS) is 22.1. The monoisotopic (exact) mass is 360 g/mol. The van der Waals surface area contributed by atoms with Crippen molar-refractivity contribution in [2.24, 2.45) is 7.05 Å². The van der Waals surface area contributed by atoms with Crippen molar-refractivity contribution in [2.45, 2.75) is 32.4 Å². The lowest BCUT2D eigenvalue weighted by atomic mass is 10.0. The predicted molar refractivity (Wildman–Crippen MR) is 90.6 cm³/mol. The lowest BCUT2D eigenvalue weighted by molar-refractivity contribution is 0.213. The summed E-state index contributed by atoms with van der Waals surface area (Å²) in [5.41, 5.74) is 2.36. The van der Waals surface area contributed by atoms with Crippen LogP contribution >= 0.6 is 27.7 Å². The maximum atomic E-state index is 4.51. The van der Waals surface area contributed by atoms with E-state index in [0.29, 0.717) is 12.1 Å². The average molecular weight is 361 g/mol. The fraction of sp³-hybridized carbons (Fsp3) is 0.786.